The minimum Gasteiger partial charge on any atom is -0.313 e. The Labute approximate surface area is 111 Å². The van der Waals surface area contributed by atoms with Gasteiger partial charge in [-0.15, -0.1) is 11.8 Å². The summed E-state index contributed by atoms with van der Waals surface area (Å²) in [5, 5.41) is 5.51. The van der Waals surface area contributed by atoms with Gasteiger partial charge in [0.1, 0.15) is 0 Å². The van der Waals surface area contributed by atoms with Crippen LogP contribution in [0, 0.1) is 5.92 Å². The van der Waals surface area contributed by atoms with Gasteiger partial charge >= 0.3 is 0 Å². The van der Waals surface area contributed by atoms with Gasteiger partial charge in [0.05, 0.1) is 5.02 Å². The molecule has 0 saturated heterocycles. The van der Waals surface area contributed by atoms with Crippen LogP contribution in [0.1, 0.15) is 25.5 Å². The lowest BCUT2D eigenvalue weighted by Crippen LogP contribution is -2.32. The summed E-state index contributed by atoms with van der Waals surface area (Å²) in [6, 6.07) is 4.05. The Kier molecular flexibility index (Phi) is 3.75. The molecule has 1 aliphatic heterocycles. The molecule has 0 aliphatic carbocycles. The van der Waals surface area contributed by atoms with Gasteiger partial charge in [0, 0.05) is 26.8 Å². The molecule has 1 N–H and O–H groups in total. The van der Waals surface area contributed by atoms with Crippen LogP contribution >= 0.6 is 35.0 Å². The summed E-state index contributed by atoms with van der Waals surface area (Å²) in [4.78, 5) is 1.14. The number of rotatable bonds is 1. The normalized spacial score (nSPS) is 28.9. The minimum absolute atomic E-state index is 0.289. The molecule has 1 nitrogen and oxygen atoms in total. The Bertz CT molecular complexity index is 408. The SMILES string of the molecule is CNC1c2c(Cl)ccc(Cl)c2SC(C)C1C. The molecule has 3 unspecified atom stereocenters. The zero-order valence-corrected chi connectivity index (χ0v) is 11.9. The largest absolute Gasteiger partial charge is 0.313 e. The molecule has 0 radical (unpaired) electrons. The number of nitrogens with one attached hydrogen (secondary N) is 1. The Morgan fingerprint density at radius 3 is 2.44 bits per heavy atom. The zero-order chi connectivity index (χ0) is 11.9. The maximum absolute atomic E-state index is 6.29. The van der Waals surface area contributed by atoms with Gasteiger partial charge in [-0.05, 0) is 25.1 Å². The lowest BCUT2D eigenvalue weighted by atomic mass is 9.91. The average molecular weight is 276 g/mol. The van der Waals surface area contributed by atoms with Gasteiger partial charge < -0.3 is 5.32 Å². The highest BCUT2D eigenvalue weighted by molar-refractivity contribution is 8.00. The highest BCUT2D eigenvalue weighted by atomic mass is 35.5. The Morgan fingerprint density at radius 2 is 1.81 bits per heavy atom. The third kappa shape index (κ3) is 1.97. The molecule has 0 spiro atoms. The third-order valence-corrected chi connectivity index (χ3v) is 5.52. The van der Waals surface area contributed by atoms with E-state index in [1.165, 1.54) is 0 Å². The summed E-state index contributed by atoms with van der Waals surface area (Å²) >= 11 is 14.4. The van der Waals surface area contributed by atoms with Gasteiger partial charge in [-0.1, -0.05) is 37.0 Å². The van der Waals surface area contributed by atoms with Gasteiger partial charge in [-0.3, -0.25) is 0 Å². The van der Waals surface area contributed by atoms with Crippen molar-refractivity contribution in [3.05, 3.63) is 27.7 Å². The topological polar surface area (TPSA) is 12.0 Å². The summed E-state index contributed by atoms with van der Waals surface area (Å²) in [5.41, 5.74) is 1.16. The van der Waals surface area contributed by atoms with E-state index >= 15 is 0 Å². The smallest absolute Gasteiger partial charge is 0.0546 e. The van der Waals surface area contributed by atoms with Crippen molar-refractivity contribution >= 4 is 35.0 Å². The summed E-state index contributed by atoms with van der Waals surface area (Å²) in [7, 11) is 1.98. The van der Waals surface area contributed by atoms with E-state index in [1.807, 2.05) is 30.9 Å². The lowest BCUT2D eigenvalue weighted by Gasteiger charge is -2.36. The van der Waals surface area contributed by atoms with Gasteiger partial charge in [0.2, 0.25) is 0 Å². The van der Waals surface area contributed by atoms with E-state index in [4.69, 9.17) is 23.2 Å². The highest BCUT2D eigenvalue weighted by Crippen LogP contribution is 2.49. The molecule has 0 bridgehead atoms. The fourth-order valence-corrected chi connectivity index (χ4v) is 4.11. The van der Waals surface area contributed by atoms with Crippen molar-refractivity contribution in [3.8, 4) is 0 Å². The van der Waals surface area contributed by atoms with Crippen molar-refractivity contribution < 1.29 is 0 Å². The van der Waals surface area contributed by atoms with Crippen LogP contribution in [0.4, 0.5) is 0 Å². The van der Waals surface area contributed by atoms with E-state index < -0.39 is 0 Å². The first-order valence-electron chi connectivity index (χ1n) is 5.38. The van der Waals surface area contributed by atoms with E-state index in [9.17, 15) is 0 Å². The number of thioether (sulfide) groups is 1. The van der Waals surface area contributed by atoms with Crippen LogP contribution in [0.2, 0.25) is 10.0 Å². The zero-order valence-electron chi connectivity index (χ0n) is 9.55. The maximum Gasteiger partial charge on any atom is 0.0546 e. The van der Waals surface area contributed by atoms with E-state index in [2.05, 4.69) is 19.2 Å². The molecule has 88 valence electrons. The number of hydrogen-bond acceptors (Lipinski definition) is 2. The highest BCUT2D eigenvalue weighted by Gasteiger charge is 2.33. The van der Waals surface area contributed by atoms with E-state index in [0.29, 0.717) is 11.2 Å². The molecular weight excluding hydrogens is 261 g/mol. The second-order valence-corrected chi connectivity index (χ2v) is 6.42. The third-order valence-electron chi connectivity index (χ3n) is 3.29. The minimum atomic E-state index is 0.289. The van der Waals surface area contributed by atoms with E-state index in [-0.39, 0.29) is 6.04 Å². The Morgan fingerprint density at radius 1 is 1.19 bits per heavy atom. The van der Waals surface area contributed by atoms with Gasteiger partial charge in [0.25, 0.3) is 0 Å². The summed E-state index contributed by atoms with van der Waals surface area (Å²) in [6.45, 7) is 4.48. The van der Waals surface area contributed by atoms with Gasteiger partial charge in [-0.25, -0.2) is 0 Å². The van der Waals surface area contributed by atoms with Crippen molar-refractivity contribution in [2.45, 2.75) is 30.0 Å². The summed E-state index contributed by atoms with van der Waals surface area (Å²) in [5.74, 6) is 0.540. The molecule has 3 atom stereocenters. The molecule has 1 aromatic carbocycles. The molecule has 0 amide bonds. The van der Waals surface area contributed by atoms with Crippen LogP contribution in [0.5, 0.6) is 0 Å². The molecule has 1 aromatic rings. The monoisotopic (exact) mass is 275 g/mol. The quantitative estimate of drug-likeness (QED) is 0.816. The molecular formula is C12H15Cl2NS. The average Bonchev–Trinajstić information content (AvgIpc) is 2.26. The summed E-state index contributed by atoms with van der Waals surface area (Å²) in [6.07, 6.45) is 0. The number of hydrogen-bond donors (Lipinski definition) is 1. The van der Waals surface area contributed by atoms with Crippen LogP contribution < -0.4 is 5.32 Å². The molecule has 1 heterocycles. The molecule has 1 aliphatic rings. The van der Waals surface area contributed by atoms with E-state index in [1.54, 1.807) is 0 Å². The maximum atomic E-state index is 6.29. The molecule has 2 rings (SSSR count). The molecule has 16 heavy (non-hydrogen) atoms. The van der Waals surface area contributed by atoms with Crippen molar-refractivity contribution in [2.24, 2.45) is 5.92 Å². The molecule has 0 saturated carbocycles. The van der Waals surface area contributed by atoms with Gasteiger partial charge in [-0.2, -0.15) is 0 Å². The van der Waals surface area contributed by atoms with Crippen molar-refractivity contribution in [2.75, 3.05) is 7.05 Å². The van der Waals surface area contributed by atoms with Gasteiger partial charge in [0.15, 0.2) is 0 Å². The van der Waals surface area contributed by atoms with Crippen LogP contribution in [0.3, 0.4) is 0 Å². The number of fused-ring (bicyclic) bond motifs is 1. The van der Waals surface area contributed by atoms with Crippen molar-refractivity contribution in [1.82, 2.24) is 5.32 Å². The second-order valence-electron chi connectivity index (χ2n) is 4.22. The first-order valence-corrected chi connectivity index (χ1v) is 7.01. The predicted molar refractivity (Wildman–Crippen MR) is 72.7 cm³/mol. The summed E-state index contributed by atoms with van der Waals surface area (Å²) < 4.78 is 0. The fourth-order valence-electron chi connectivity index (χ4n) is 2.19. The first kappa shape index (κ1) is 12.6. The standard InChI is InChI=1S/C12H15Cl2NS/c1-6-7(2)16-12-9(14)5-4-8(13)10(12)11(6)15-3/h4-7,11,15H,1-3H3. The lowest BCUT2D eigenvalue weighted by molar-refractivity contribution is 0.396. The predicted octanol–water partition coefficient (Wildman–Crippen LogP) is 4.38. The van der Waals surface area contributed by atoms with E-state index in [0.717, 1.165) is 20.5 Å². The van der Waals surface area contributed by atoms with Crippen LogP contribution in [-0.2, 0) is 0 Å². The fraction of sp³-hybridized carbons (Fsp3) is 0.500. The number of halogens is 2. The Balaban J connectivity index is 2.59. The first-order chi connectivity index (χ1) is 7.56. The van der Waals surface area contributed by atoms with Crippen molar-refractivity contribution in [3.63, 3.8) is 0 Å². The number of benzene rings is 1. The molecule has 0 fully saturated rings. The van der Waals surface area contributed by atoms with Crippen LogP contribution in [-0.4, -0.2) is 12.3 Å². The van der Waals surface area contributed by atoms with Crippen molar-refractivity contribution in [1.29, 1.82) is 0 Å². The van der Waals surface area contributed by atoms with Crippen LogP contribution in [0.15, 0.2) is 17.0 Å². The van der Waals surface area contributed by atoms with Crippen LogP contribution in [0.25, 0.3) is 0 Å². The molecule has 4 heteroatoms. The molecule has 0 aromatic heterocycles. The second kappa shape index (κ2) is 4.77. The Hall–Kier alpha value is 0.110.